The molecular weight excluding hydrogens is 386 g/mol. The van der Waals surface area contributed by atoms with Crippen LogP contribution >= 0.6 is 11.8 Å². The van der Waals surface area contributed by atoms with Gasteiger partial charge in [0.15, 0.2) is 5.82 Å². The highest BCUT2D eigenvalue weighted by atomic mass is 32.2. The van der Waals surface area contributed by atoms with E-state index >= 15 is 0 Å². The van der Waals surface area contributed by atoms with Gasteiger partial charge in [-0.15, -0.1) is 16.6 Å². The van der Waals surface area contributed by atoms with E-state index < -0.39 is 5.54 Å². The fourth-order valence-electron chi connectivity index (χ4n) is 2.70. The van der Waals surface area contributed by atoms with Crippen molar-refractivity contribution in [1.29, 1.82) is 0 Å². The molecule has 1 heterocycles. The van der Waals surface area contributed by atoms with E-state index in [2.05, 4.69) is 35.3 Å². The third-order valence-electron chi connectivity index (χ3n) is 4.84. The summed E-state index contributed by atoms with van der Waals surface area (Å²) < 4.78 is 7.08. The average molecular weight is 416 g/mol. The highest BCUT2D eigenvalue weighted by Crippen LogP contribution is 2.20. The zero-order valence-corrected chi connectivity index (χ0v) is 18.3. The Kier molecular flexibility index (Phi) is 7.97. The molecule has 1 amide bonds. The zero-order valence-electron chi connectivity index (χ0n) is 17.4. The molecule has 2 aromatic rings. The standard InChI is InChI=1S/C21H29N5O2S/c1-6-21(7-2,8-3)23-19(27)14-29-20-25-24-18(26(20)22)13-28-17-11-9-16(10-12-17)15(4)5/h1,9-12,15H,7-8,13-14,22H2,2-5H3,(H,23,27). The van der Waals surface area contributed by atoms with E-state index in [0.717, 1.165) is 5.75 Å². The van der Waals surface area contributed by atoms with Gasteiger partial charge in [-0.1, -0.05) is 57.5 Å². The van der Waals surface area contributed by atoms with Crippen molar-refractivity contribution in [3.63, 3.8) is 0 Å². The number of carbonyl (C=O) groups is 1. The molecule has 0 radical (unpaired) electrons. The van der Waals surface area contributed by atoms with E-state index in [1.807, 2.05) is 38.1 Å². The molecule has 1 aromatic carbocycles. The van der Waals surface area contributed by atoms with Crippen molar-refractivity contribution >= 4 is 17.7 Å². The Hall–Kier alpha value is -2.66. The third kappa shape index (κ3) is 5.91. The van der Waals surface area contributed by atoms with Crippen LogP contribution in [0.2, 0.25) is 0 Å². The van der Waals surface area contributed by atoms with Gasteiger partial charge in [0.1, 0.15) is 17.9 Å². The lowest BCUT2D eigenvalue weighted by molar-refractivity contribution is -0.119. The van der Waals surface area contributed by atoms with Crippen LogP contribution < -0.4 is 15.9 Å². The molecule has 0 bridgehead atoms. The van der Waals surface area contributed by atoms with Crippen LogP contribution in [0.3, 0.4) is 0 Å². The molecule has 0 saturated heterocycles. The first-order valence-corrected chi connectivity index (χ1v) is 10.7. The molecule has 0 atom stereocenters. The van der Waals surface area contributed by atoms with Gasteiger partial charge in [-0.2, -0.15) is 0 Å². The summed E-state index contributed by atoms with van der Waals surface area (Å²) in [6, 6.07) is 7.92. The minimum absolute atomic E-state index is 0.149. The first-order chi connectivity index (χ1) is 13.8. The molecule has 0 unspecified atom stereocenters. The van der Waals surface area contributed by atoms with E-state index in [9.17, 15) is 4.79 Å². The molecule has 0 spiro atoms. The number of nitrogens with one attached hydrogen (secondary N) is 1. The predicted molar refractivity (Wildman–Crippen MR) is 116 cm³/mol. The Balaban J connectivity index is 1.90. The summed E-state index contributed by atoms with van der Waals surface area (Å²) in [5.41, 5.74) is 0.634. The van der Waals surface area contributed by atoms with E-state index in [1.54, 1.807) is 0 Å². The maximum atomic E-state index is 12.3. The average Bonchev–Trinajstić information content (AvgIpc) is 3.09. The van der Waals surface area contributed by atoms with Gasteiger partial charge in [0, 0.05) is 0 Å². The maximum Gasteiger partial charge on any atom is 0.231 e. The number of hydrogen-bond acceptors (Lipinski definition) is 6. The van der Waals surface area contributed by atoms with Crippen molar-refractivity contribution in [2.75, 3.05) is 11.6 Å². The van der Waals surface area contributed by atoms with Crippen LogP contribution in [0.4, 0.5) is 0 Å². The number of thioether (sulfide) groups is 1. The van der Waals surface area contributed by atoms with Crippen molar-refractivity contribution in [1.82, 2.24) is 20.2 Å². The second-order valence-corrected chi connectivity index (χ2v) is 7.99. The fourth-order valence-corrected chi connectivity index (χ4v) is 3.38. The number of nitrogens with two attached hydrogens (primary N) is 1. The summed E-state index contributed by atoms with van der Waals surface area (Å²) >= 11 is 1.20. The van der Waals surface area contributed by atoms with Gasteiger partial charge >= 0.3 is 0 Å². The number of ether oxygens (including phenoxy) is 1. The Morgan fingerprint density at radius 3 is 2.52 bits per heavy atom. The monoisotopic (exact) mass is 415 g/mol. The molecule has 29 heavy (non-hydrogen) atoms. The summed E-state index contributed by atoms with van der Waals surface area (Å²) in [4.78, 5) is 12.3. The Labute approximate surface area is 176 Å². The van der Waals surface area contributed by atoms with E-state index in [1.165, 1.54) is 22.0 Å². The van der Waals surface area contributed by atoms with E-state index in [0.29, 0.717) is 29.7 Å². The molecule has 0 aliphatic heterocycles. The normalized spacial score (nSPS) is 11.3. The van der Waals surface area contributed by atoms with Gasteiger partial charge in [-0.3, -0.25) is 4.79 Å². The van der Waals surface area contributed by atoms with Crippen LogP contribution in [-0.4, -0.2) is 32.1 Å². The zero-order chi connectivity index (χ0) is 21.4. The second kappa shape index (κ2) is 10.2. The van der Waals surface area contributed by atoms with E-state index in [-0.39, 0.29) is 18.3 Å². The molecule has 2 rings (SSSR count). The minimum Gasteiger partial charge on any atom is -0.486 e. The summed E-state index contributed by atoms with van der Waals surface area (Å²) in [5.74, 6) is 10.4. The number of terminal acetylenes is 1. The van der Waals surface area contributed by atoms with Crippen LogP contribution in [0.5, 0.6) is 5.75 Å². The van der Waals surface area contributed by atoms with Gasteiger partial charge in [0.05, 0.1) is 5.75 Å². The van der Waals surface area contributed by atoms with Gasteiger partial charge in [0.2, 0.25) is 11.1 Å². The lowest BCUT2D eigenvalue weighted by Gasteiger charge is -2.26. The molecule has 7 nitrogen and oxygen atoms in total. The predicted octanol–water partition coefficient (Wildman–Crippen LogP) is 3.09. The molecule has 0 fully saturated rings. The van der Waals surface area contributed by atoms with Crippen LogP contribution in [0.15, 0.2) is 29.4 Å². The van der Waals surface area contributed by atoms with E-state index in [4.69, 9.17) is 17.0 Å². The summed E-state index contributed by atoms with van der Waals surface area (Å²) in [7, 11) is 0. The first-order valence-electron chi connectivity index (χ1n) is 9.67. The molecule has 0 saturated carbocycles. The number of amides is 1. The molecule has 0 aliphatic rings. The van der Waals surface area contributed by atoms with Crippen LogP contribution in [-0.2, 0) is 11.4 Å². The molecule has 8 heteroatoms. The number of nitrogen functional groups attached to an aromatic ring is 1. The number of nitrogens with zero attached hydrogens (tertiary/aromatic N) is 3. The Morgan fingerprint density at radius 2 is 1.97 bits per heavy atom. The molecular formula is C21H29N5O2S. The van der Waals surface area contributed by atoms with Crippen LogP contribution in [0.1, 0.15) is 57.8 Å². The van der Waals surface area contributed by atoms with Gasteiger partial charge in [-0.05, 0) is 36.5 Å². The number of hydrogen-bond donors (Lipinski definition) is 2. The first kappa shape index (κ1) is 22.6. The fraction of sp³-hybridized carbons (Fsp3) is 0.476. The quantitative estimate of drug-likeness (QED) is 0.352. The maximum absolute atomic E-state index is 12.3. The topological polar surface area (TPSA) is 95.1 Å². The number of benzene rings is 1. The van der Waals surface area contributed by atoms with Crippen LogP contribution in [0, 0.1) is 12.3 Å². The summed E-state index contributed by atoms with van der Waals surface area (Å²) in [6.07, 6.45) is 6.92. The van der Waals surface area contributed by atoms with Crippen molar-refractivity contribution in [2.45, 2.75) is 63.8 Å². The lowest BCUT2D eigenvalue weighted by Crippen LogP contribution is -2.47. The van der Waals surface area contributed by atoms with Gasteiger partial charge < -0.3 is 15.9 Å². The minimum atomic E-state index is -0.613. The van der Waals surface area contributed by atoms with Crippen molar-refractivity contribution in [3.05, 3.63) is 35.7 Å². The van der Waals surface area contributed by atoms with Crippen LogP contribution in [0.25, 0.3) is 0 Å². The third-order valence-corrected chi connectivity index (χ3v) is 5.79. The highest BCUT2D eigenvalue weighted by molar-refractivity contribution is 7.99. The number of rotatable bonds is 10. The smallest absolute Gasteiger partial charge is 0.231 e. The molecule has 1 aromatic heterocycles. The number of aromatic nitrogens is 3. The number of carbonyl (C=O) groups excluding carboxylic acids is 1. The Morgan fingerprint density at radius 1 is 1.31 bits per heavy atom. The largest absolute Gasteiger partial charge is 0.486 e. The highest BCUT2D eigenvalue weighted by Gasteiger charge is 2.25. The Bertz CT molecular complexity index is 851. The molecule has 3 N–H and O–H groups in total. The molecule has 156 valence electrons. The SMILES string of the molecule is C#CC(CC)(CC)NC(=O)CSc1nnc(COc2ccc(C(C)C)cc2)n1N. The van der Waals surface area contributed by atoms with Gasteiger partial charge in [0.25, 0.3) is 0 Å². The van der Waals surface area contributed by atoms with Crippen molar-refractivity contribution in [2.24, 2.45) is 0 Å². The summed E-state index contributed by atoms with van der Waals surface area (Å²) in [6.45, 7) is 8.38. The van der Waals surface area contributed by atoms with Gasteiger partial charge in [-0.25, -0.2) is 4.68 Å². The second-order valence-electron chi connectivity index (χ2n) is 7.05. The molecule has 0 aliphatic carbocycles. The lowest BCUT2D eigenvalue weighted by atomic mass is 9.94. The summed E-state index contributed by atoms with van der Waals surface area (Å²) in [5, 5.41) is 11.5. The van der Waals surface area contributed by atoms with Crippen molar-refractivity contribution in [3.8, 4) is 18.1 Å². The van der Waals surface area contributed by atoms with Crippen molar-refractivity contribution < 1.29 is 9.53 Å².